The third kappa shape index (κ3) is 3.98. The maximum Gasteiger partial charge on any atom is 0.309 e. The summed E-state index contributed by atoms with van der Waals surface area (Å²) in [6, 6.07) is 8.77. The van der Waals surface area contributed by atoms with Gasteiger partial charge in [-0.3, -0.25) is 9.59 Å². The van der Waals surface area contributed by atoms with Gasteiger partial charge in [-0.2, -0.15) is 11.3 Å². The Balaban J connectivity index is 1.63. The summed E-state index contributed by atoms with van der Waals surface area (Å²) >= 11 is 2.91. The summed E-state index contributed by atoms with van der Waals surface area (Å²) in [6.45, 7) is 0.111. The fourth-order valence-electron chi connectivity index (χ4n) is 2.29. The van der Waals surface area contributed by atoms with Crippen LogP contribution in [0.15, 0.2) is 57.2 Å². The Hall–Kier alpha value is -2.42. The standard InChI is InChI=1S/C17H16N2O4S2/c20-15(18-9-13-3-2-7-25-13)16(21)19-11-17(22,12-5-8-24-10-12)14-4-1-6-23-14/h1-8,10,22H,9,11H2,(H,18,20)(H,19,21)/t17-/m1/s1. The van der Waals surface area contributed by atoms with Gasteiger partial charge in [-0.25, -0.2) is 0 Å². The molecule has 0 aromatic carbocycles. The molecule has 0 fully saturated rings. The number of thiophene rings is 2. The molecule has 0 saturated carbocycles. The molecule has 0 bridgehead atoms. The number of furan rings is 1. The summed E-state index contributed by atoms with van der Waals surface area (Å²) in [5.74, 6) is -1.26. The van der Waals surface area contributed by atoms with Crippen LogP contribution in [0.3, 0.4) is 0 Å². The number of aliphatic hydroxyl groups is 1. The molecule has 8 heteroatoms. The molecule has 3 rings (SSSR count). The summed E-state index contributed by atoms with van der Waals surface area (Å²) in [5.41, 5.74) is -0.945. The summed E-state index contributed by atoms with van der Waals surface area (Å²) in [4.78, 5) is 24.9. The van der Waals surface area contributed by atoms with Gasteiger partial charge in [0.05, 0.1) is 19.4 Å². The van der Waals surface area contributed by atoms with Crippen LogP contribution in [0.5, 0.6) is 0 Å². The van der Waals surface area contributed by atoms with Crippen LogP contribution in [0, 0.1) is 0 Å². The lowest BCUT2D eigenvalue weighted by Gasteiger charge is -2.25. The van der Waals surface area contributed by atoms with E-state index in [2.05, 4.69) is 10.6 Å². The van der Waals surface area contributed by atoms with Crippen LogP contribution in [0.4, 0.5) is 0 Å². The molecular formula is C17H16N2O4S2. The van der Waals surface area contributed by atoms with Crippen molar-refractivity contribution in [2.24, 2.45) is 0 Å². The first-order valence-electron chi connectivity index (χ1n) is 7.47. The Morgan fingerprint density at radius 1 is 1.12 bits per heavy atom. The molecule has 3 aromatic heterocycles. The molecule has 0 aliphatic heterocycles. The van der Waals surface area contributed by atoms with Crippen LogP contribution < -0.4 is 10.6 Å². The van der Waals surface area contributed by atoms with E-state index >= 15 is 0 Å². The van der Waals surface area contributed by atoms with Gasteiger partial charge in [-0.15, -0.1) is 11.3 Å². The fraction of sp³-hybridized carbons (Fsp3) is 0.176. The first-order valence-corrected chi connectivity index (χ1v) is 9.29. The molecule has 0 spiro atoms. The zero-order valence-electron chi connectivity index (χ0n) is 13.1. The monoisotopic (exact) mass is 376 g/mol. The van der Waals surface area contributed by atoms with Gasteiger partial charge in [0.15, 0.2) is 5.60 Å². The van der Waals surface area contributed by atoms with E-state index in [1.54, 1.807) is 23.6 Å². The van der Waals surface area contributed by atoms with Crippen molar-refractivity contribution in [3.63, 3.8) is 0 Å². The SMILES string of the molecule is O=C(NCc1cccs1)C(=O)NC[C@@](O)(c1ccsc1)c1ccco1. The predicted molar refractivity (Wildman–Crippen MR) is 95.2 cm³/mol. The number of nitrogens with one attached hydrogen (secondary N) is 2. The van der Waals surface area contributed by atoms with Crippen LogP contribution >= 0.6 is 22.7 Å². The number of rotatable bonds is 6. The van der Waals surface area contributed by atoms with Crippen molar-refractivity contribution >= 4 is 34.5 Å². The molecule has 0 unspecified atom stereocenters. The van der Waals surface area contributed by atoms with Crippen LogP contribution in [0.1, 0.15) is 16.2 Å². The molecule has 2 amide bonds. The van der Waals surface area contributed by atoms with E-state index in [0.29, 0.717) is 11.3 Å². The highest BCUT2D eigenvalue weighted by Gasteiger charge is 2.36. The van der Waals surface area contributed by atoms with Crippen LogP contribution in [-0.2, 0) is 21.7 Å². The van der Waals surface area contributed by atoms with E-state index in [-0.39, 0.29) is 13.1 Å². The highest BCUT2D eigenvalue weighted by molar-refractivity contribution is 7.09. The lowest BCUT2D eigenvalue weighted by molar-refractivity contribution is -0.139. The molecule has 0 aliphatic carbocycles. The van der Waals surface area contributed by atoms with Gasteiger partial charge in [-0.1, -0.05) is 6.07 Å². The van der Waals surface area contributed by atoms with E-state index in [0.717, 1.165) is 4.88 Å². The molecule has 0 saturated heterocycles. The second kappa shape index (κ2) is 7.64. The molecule has 0 aliphatic rings. The van der Waals surface area contributed by atoms with Gasteiger partial charge in [0, 0.05) is 10.4 Å². The van der Waals surface area contributed by atoms with Crippen LogP contribution in [-0.4, -0.2) is 23.5 Å². The minimum atomic E-state index is -1.53. The number of amides is 2. The minimum Gasteiger partial charge on any atom is -0.466 e. The topological polar surface area (TPSA) is 91.6 Å². The average Bonchev–Trinajstić information content (AvgIpc) is 3.38. The third-order valence-corrected chi connectivity index (χ3v) is 5.20. The van der Waals surface area contributed by atoms with Crippen molar-refractivity contribution in [2.75, 3.05) is 6.54 Å². The average molecular weight is 376 g/mol. The molecule has 130 valence electrons. The molecule has 25 heavy (non-hydrogen) atoms. The third-order valence-electron chi connectivity index (χ3n) is 3.64. The van der Waals surface area contributed by atoms with Gasteiger partial charge < -0.3 is 20.2 Å². The number of hydrogen-bond acceptors (Lipinski definition) is 6. The molecule has 0 radical (unpaired) electrons. The first kappa shape index (κ1) is 17.4. The molecule has 6 nitrogen and oxygen atoms in total. The summed E-state index contributed by atoms with van der Waals surface area (Å²) in [5, 5.41) is 21.5. The summed E-state index contributed by atoms with van der Waals surface area (Å²) in [7, 11) is 0. The van der Waals surface area contributed by atoms with Gasteiger partial charge in [0.1, 0.15) is 5.76 Å². The Kier molecular flexibility index (Phi) is 5.32. The normalized spacial score (nSPS) is 13.2. The maximum atomic E-state index is 12.0. The lowest BCUT2D eigenvalue weighted by Crippen LogP contribution is -2.46. The zero-order valence-corrected chi connectivity index (χ0v) is 14.7. The van der Waals surface area contributed by atoms with Crippen LogP contribution in [0.25, 0.3) is 0 Å². The van der Waals surface area contributed by atoms with Gasteiger partial charge >= 0.3 is 11.8 Å². The molecule has 3 aromatic rings. The van der Waals surface area contributed by atoms with Crippen molar-refractivity contribution in [3.05, 3.63) is 68.9 Å². The van der Waals surface area contributed by atoms with Crippen LogP contribution in [0.2, 0.25) is 0 Å². The highest BCUT2D eigenvalue weighted by Crippen LogP contribution is 2.30. The minimum absolute atomic E-state index is 0.178. The van der Waals surface area contributed by atoms with E-state index in [9.17, 15) is 14.7 Å². The summed E-state index contributed by atoms with van der Waals surface area (Å²) in [6.07, 6.45) is 1.45. The molecule has 3 N–H and O–H groups in total. The van der Waals surface area contributed by atoms with Crippen molar-refractivity contribution in [2.45, 2.75) is 12.1 Å². The van der Waals surface area contributed by atoms with Crippen molar-refractivity contribution in [1.82, 2.24) is 10.6 Å². The Morgan fingerprint density at radius 2 is 1.96 bits per heavy atom. The number of carbonyl (C=O) groups excluding carboxylic acids is 2. The Labute approximate surface area is 152 Å². The maximum absolute atomic E-state index is 12.0. The van der Waals surface area contributed by atoms with Gasteiger partial charge in [-0.05, 0) is 40.4 Å². The van der Waals surface area contributed by atoms with Gasteiger partial charge in [0.25, 0.3) is 0 Å². The van der Waals surface area contributed by atoms with E-state index in [1.807, 2.05) is 22.9 Å². The molecule has 3 heterocycles. The van der Waals surface area contributed by atoms with Crippen molar-refractivity contribution < 1.29 is 19.1 Å². The fourth-order valence-corrected chi connectivity index (χ4v) is 3.66. The Morgan fingerprint density at radius 3 is 2.60 bits per heavy atom. The van der Waals surface area contributed by atoms with E-state index in [4.69, 9.17) is 4.42 Å². The second-order valence-corrected chi connectivity index (χ2v) is 7.11. The predicted octanol–water partition coefficient (Wildman–Crippen LogP) is 2.07. The first-order chi connectivity index (χ1) is 12.1. The largest absolute Gasteiger partial charge is 0.466 e. The zero-order chi connectivity index (χ0) is 17.7. The molecular weight excluding hydrogens is 360 g/mol. The summed E-state index contributed by atoms with van der Waals surface area (Å²) < 4.78 is 5.32. The van der Waals surface area contributed by atoms with Gasteiger partial charge in [0.2, 0.25) is 0 Å². The number of carbonyl (C=O) groups is 2. The van der Waals surface area contributed by atoms with E-state index in [1.165, 1.54) is 28.9 Å². The quantitative estimate of drug-likeness (QED) is 0.575. The number of hydrogen-bond donors (Lipinski definition) is 3. The van der Waals surface area contributed by atoms with E-state index < -0.39 is 17.4 Å². The van der Waals surface area contributed by atoms with Crippen molar-refractivity contribution in [3.8, 4) is 0 Å². The Bertz CT molecular complexity index is 777. The second-order valence-electron chi connectivity index (χ2n) is 5.29. The smallest absolute Gasteiger partial charge is 0.309 e. The lowest BCUT2D eigenvalue weighted by atomic mass is 9.93. The molecule has 1 atom stereocenters. The van der Waals surface area contributed by atoms with Crippen molar-refractivity contribution in [1.29, 1.82) is 0 Å². The highest BCUT2D eigenvalue weighted by atomic mass is 32.1.